The zero-order valence-electron chi connectivity index (χ0n) is 13.1. The maximum absolute atomic E-state index is 12.9. The second-order valence-electron chi connectivity index (χ2n) is 5.04. The fourth-order valence-electron chi connectivity index (χ4n) is 2.03. The molecule has 0 spiro atoms. The number of hydrazone groups is 1. The number of amides is 1. The summed E-state index contributed by atoms with van der Waals surface area (Å²) in [6, 6.07) is 6.69. The van der Waals surface area contributed by atoms with Crippen LogP contribution in [0.5, 0.6) is 0 Å². The fraction of sp³-hybridized carbons (Fsp3) is 0.0667. The van der Waals surface area contributed by atoms with Gasteiger partial charge in [0.2, 0.25) is 0 Å². The van der Waals surface area contributed by atoms with E-state index in [1.54, 1.807) is 0 Å². The van der Waals surface area contributed by atoms with Gasteiger partial charge in [0.05, 0.1) is 33.3 Å². The number of non-ortho nitro benzene ring substituents is 2. The van der Waals surface area contributed by atoms with Gasteiger partial charge in [0.25, 0.3) is 17.3 Å². The van der Waals surface area contributed by atoms with Crippen LogP contribution in [0.2, 0.25) is 0 Å². The zero-order chi connectivity index (χ0) is 20.2. The number of nitro benzene ring substituents is 2. The number of carbonyl (C=O) groups is 1. The summed E-state index contributed by atoms with van der Waals surface area (Å²) in [6.45, 7) is 0. The number of nitro groups is 2. The van der Waals surface area contributed by atoms with Gasteiger partial charge >= 0.3 is 6.18 Å². The normalized spacial score (nSPS) is 11.4. The number of halogens is 3. The first kappa shape index (κ1) is 19.5. The predicted octanol–water partition coefficient (Wildman–Crippen LogP) is 3.29. The molecule has 0 saturated heterocycles. The summed E-state index contributed by atoms with van der Waals surface area (Å²) >= 11 is 0. The molecule has 0 aliphatic heterocycles. The van der Waals surface area contributed by atoms with Crippen molar-refractivity contribution in [3.8, 4) is 0 Å². The van der Waals surface area contributed by atoms with Gasteiger partial charge in [0.15, 0.2) is 0 Å². The van der Waals surface area contributed by atoms with Crippen molar-refractivity contribution in [1.82, 2.24) is 5.43 Å². The summed E-state index contributed by atoms with van der Waals surface area (Å²) in [6.07, 6.45) is -3.89. The SMILES string of the molecule is O=C(N/N=C\c1ccccc1C(F)(F)F)c1cc([N+](=O)[O-])cc([N+](=O)[O-])c1. The van der Waals surface area contributed by atoms with Crippen LogP contribution in [0, 0.1) is 20.2 Å². The highest BCUT2D eigenvalue weighted by Crippen LogP contribution is 2.31. The minimum Gasteiger partial charge on any atom is -0.267 e. The van der Waals surface area contributed by atoms with Crippen molar-refractivity contribution < 1.29 is 27.8 Å². The standard InChI is InChI=1S/C15H9F3N4O5/c16-15(17,18)13-4-2-1-3-9(13)8-19-20-14(23)10-5-11(21(24)25)7-12(6-10)22(26)27/h1-8H,(H,20,23)/b19-8-. The Kier molecular flexibility index (Phi) is 5.48. The molecule has 0 heterocycles. The Balaban J connectivity index is 2.25. The lowest BCUT2D eigenvalue weighted by atomic mass is 10.1. The van der Waals surface area contributed by atoms with Gasteiger partial charge < -0.3 is 0 Å². The Bertz CT molecular complexity index is 911. The predicted molar refractivity (Wildman–Crippen MR) is 86.3 cm³/mol. The lowest BCUT2D eigenvalue weighted by molar-refractivity contribution is -0.394. The van der Waals surface area contributed by atoms with E-state index in [0.717, 1.165) is 30.5 Å². The van der Waals surface area contributed by atoms with Crippen LogP contribution < -0.4 is 5.43 Å². The average molecular weight is 382 g/mol. The summed E-state index contributed by atoms with van der Waals surface area (Å²) < 4.78 is 38.6. The maximum Gasteiger partial charge on any atom is 0.417 e. The number of alkyl halides is 3. The highest BCUT2D eigenvalue weighted by Gasteiger charge is 2.32. The molecule has 1 amide bonds. The first-order valence-electron chi connectivity index (χ1n) is 7.03. The van der Waals surface area contributed by atoms with Crippen LogP contribution in [0.3, 0.4) is 0 Å². The molecule has 140 valence electrons. The van der Waals surface area contributed by atoms with E-state index in [2.05, 4.69) is 5.10 Å². The third-order valence-corrected chi connectivity index (χ3v) is 3.22. The molecule has 0 bridgehead atoms. The van der Waals surface area contributed by atoms with E-state index >= 15 is 0 Å². The van der Waals surface area contributed by atoms with Gasteiger partial charge in [-0.25, -0.2) is 5.43 Å². The quantitative estimate of drug-likeness (QED) is 0.482. The number of benzene rings is 2. The minimum atomic E-state index is -4.63. The van der Waals surface area contributed by atoms with Crippen LogP contribution in [-0.4, -0.2) is 22.0 Å². The topological polar surface area (TPSA) is 128 Å². The Hall–Kier alpha value is -3.83. The number of rotatable bonds is 5. The van der Waals surface area contributed by atoms with E-state index in [1.807, 2.05) is 5.43 Å². The van der Waals surface area contributed by atoms with E-state index in [-0.39, 0.29) is 5.56 Å². The molecule has 2 aromatic rings. The van der Waals surface area contributed by atoms with Gasteiger partial charge in [-0.05, 0) is 6.07 Å². The van der Waals surface area contributed by atoms with Crippen molar-refractivity contribution in [1.29, 1.82) is 0 Å². The van der Waals surface area contributed by atoms with Crippen molar-refractivity contribution in [3.63, 3.8) is 0 Å². The Labute approximate surface area is 148 Å². The first-order valence-corrected chi connectivity index (χ1v) is 7.03. The zero-order valence-corrected chi connectivity index (χ0v) is 13.1. The van der Waals surface area contributed by atoms with Gasteiger partial charge in [-0.15, -0.1) is 0 Å². The molecule has 27 heavy (non-hydrogen) atoms. The number of hydrogen-bond acceptors (Lipinski definition) is 6. The van der Waals surface area contributed by atoms with Crippen molar-refractivity contribution in [3.05, 3.63) is 79.4 Å². The molecule has 2 aromatic carbocycles. The second-order valence-corrected chi connectivity index (χ2v) is 5.04. The Morgan fingerprint density at radius 3 is 2.11 bits per heavy atom. The molecule has 0 aliphatic carbocycles. The van der Waals surface area contributed by atoms with E-state index < -0.39 is 44.4 Å². The van der Waals surface area contributed by atoms with Gasteiger partial charge in [-0.1, -0.05) is 18.2 Å². The number of carbonyl (C=O) groups excluding carboxylic acids is 1. The average Bonchev–Trinajstić information content (AvgIpc) is 2.60. The summed E-state index contributed by atoms with van der Waals surface area (Å²) in [5, 5.41) is 25.0. The summed E-state index contributed by atoms with van der Waals surface area (Å²) in [5.74, 6) is -1.07. The molecule has 1 N–H and O–H groups in total. The molecule has 12 heteroatoms. The molecule has 0 aromatic heterocycles. The minimum absolute atomic E-state index is 0.324. The smallest absolute Gasteiger partial charge is 0.267 e. The van der Waals surface area contributed by atoms with Crippen LogP contribution in [0.4, 0.5) is 24.5 Å². The van der Waals surface area contributed by atoms with E-state index in [1.165, 1.54) is 12.1 Å². The second kappa shape index (κ2) is 7.59. The first-order chi connectivity index (χ1) is 12.6. The largest absolute Gasteiger partial charge is 0.417 e. The van der Waals surface area contributed by atoms with Gasteiger partial charge in [0.1, 0.15) is 0 Å². The lowest BCUT2D eigenvalue weighted by Gasteiger charge is -2.09. The van der Waals surface area contributed by atoms with Crippen molar-refractivity contribution >= 4 is 23.5 Å². The number of nitrogens with one attached hydrogen (secondary N) is 1. The van der Waals surface area contributed by atoms with Crippen molar-refractivity contribution in [2.75, 3.05) is 0 Å². The van der Waals surface area contributed by atoms with Crippen LogP contribution in [0.25, 0.3) is 0 Å². The van der Waals surface area contributed by atoms with Crippen molar-refractivity contribution in [2.24, 2.45) is 5.10 Å². The van der Waals surface area contributed by atoms with Crippen LogP contribution in [-0.2, 0) is 6.18 Å². The van der Waals surface area contributed by atoms with Gasteiger partial charge in [0, 0.05) is 17.7 Å². The molecule has 0 atom stereocenters. The molecular formula is C15H9F3N4O5. The molecule has 0 radical (unpaired) electrons. The van der Waals surface area contributed by atoms with Gasteiger partial charge in [-0.3, -0.25) is 25.0 Å². The fourth-order valence-corrected chi connectivity index (χ4v) is 2.03. The molecule has 0 saturated carbocycles. The molecule has 0 aliphatic rings. The molecule has 2 rings (SSSR count). The highest BCUT2D eigenvalue weighted by atomic mass is 19.4. The van der Waals surface area contributed by atoms with E-state index in [0.29, 0.717) is 6.07 Å². The van der Waals surface area contributed by atoms with E-state index in [9.17, 15) is 38.2 Å². The molecule has 0 fully saturated rings. The van der Waals surface area contributed by atoms with Crippen LogP contribution in [0.15, 0.2) is 47.6 Å². The van der Waals surface area contributed by atoms with Crippen LogP contribution >= 0.6 is 0 Å². The Morgan fingerprint density at radius 2 is 1.59 bits per heavy atom. The third-order valence-electron chi connectivity index (χ3n) is 3.22. The Morgan fingerprint density at radius 1 is 1.04 bits per heavy atom. The summed E-state index contributed by atoms with van der Waals surface area (Å²) in [5.41, 5.74) is -1.26. The monoisotopic (exact) mass is 382 g/mol. The van der Waals surface area contributed by atoms with Crippen LogP contribution in [0.1, 0.15) is 21.5 Å². The highest BCUT2D eigenvalue weighted by molar-refractivity contribution is 5.96. The van der Waals surface area contributed by atoms with E-state index in [4.69, 9.17) is 0 Å². The lowest BCUT2D eigenvalue weighted by Crippen LogP contribution is -2.18. The number of nitrogens with zero attached hydrogens (tertiary/aromatic N) is 3. The molecule has 9 nitrogen and oxygen atoms in total. The van der Waals surface area contributed by atoms with Crippen molar-refractivity contribution in [2.45, 2.75) is 6.18 Å². The number of hydrogen-bond donors (Lipinski definition) is 1. The van der Waals surface area contributed by atoms with Gasteiger partial charge in [-0.2, -0.15) is 18.3 Å². The maximum atomic E-state index is 12.9. The molecule has 0 unspecified atom stereocenters. The molecular weight excluding hydrogens is 373 g/mol. The third kappa shape index (κ3) is 4.84. The summed E-state index contributed by atoms with van der Waals surface area (Å²) in [7, 11) is 0. The summed E-state index contributed by atoms with van der Waals surface area (Å²) in [4.78, 5) is 31.7.